The molecule has 1 aromatic carbocycles. The van der Waals surface area contributed by atoms with Crippen molar-refractivity contribution < 1.29 is 0 Å². The smallest absolute Gasteiger partial charge is 0.132 e. The van der Waals surface area contributed by atoms with Crippen molar-refractivity contribution in [3.8, 4) is 0 Å². The topological polar surface area (TPSA) is 16.1 Å². The van der Waals surface area contributed by atoms with Gasteiger partial charge >= 0.3 is 0 Å². The van der Waals surface area contributed by atoms with Gasteiger partial charge in [-0.2, -0.15) is 0 Å². The van der Waals surface area contributed by atoms with Crippen molar-refractivity contribution in [2.45, 2.75) is 12.4 Å². The lowest BCUT2D eigenvalue weighted by molar-refractivity contribution is 0.885. The van der Waals surface area contributed by atoms with Crippen molar-refractivity contribution in [2.24, 2.45) is 0 Å². The molecule has 0 spiro atoms. The Balaban J connectivity index is 2.22. The zero-order chi connectivity index (χ0) is 13.0. The summed E-state index contributed by atoms with van der Waals surface area (Å²) in [7, 11) is 2.03. The van der Waals surface area contributed by atoms with E-state index >= 15 is 0 Å². The molecule has 0 saturated heterocycles. The molecule has 4 heteroatoms. The lowest BCUT2D eigenvalue weighted by Crippen LogP contribution is -2.19. The Morgan fingerprint density at radius 1 is 1.17 bits per heavy atom. The predicted octanol–water partition coefficient (Wildman–Crippen LogP) is 4.22. The molecule has 1 heterocycles. The van der Waals surface area contributed by atoms with Crippen LogP contribution in [0.1, 0.15) is 11.1 Å². The predicted molar refractivity (Wildman–Crippen MR) is 80.0 cm³/mol. The summed E-state index contributed by atoms with van der Waals surface area (Å²) in [5, 5.41) is 0. The normalized spacial score (nSPS) is 10.4. The second kappa shape index (κ2) is 6.21. The van der Waals surface area contributed by atoms with E-state index in [-0.39, 0.29) is 0 Å². The zero-order valence-electron chi connectivity index (χ0n) is 10.1. The van der Waals surface area contributed by atoms with Crippen molar-refractivity contribution in [1.29, 1.82) is 0 Å². The van der Waals surface area contributed by atoms with Crippen LogP contribution in [0.2, 0.25) is 0 Å². The standard InChI is InChI=1S/C14H14BrClN2/c1-18(10-12-5-2-3-7-13(12)15)14-11(9-16)6-4-8-17-14/h2-8H,9-10H2,1H3. The molecule has 0 aliphatic rings. The molecule has 1 aromatic heterocycles. The number of pyridine rings is 1. The highest BCUT2D eigenvalue weighted by Gasteiger charge is 2.09. The molecule has 0 radical (unpaired) electrons. The maximum absolute atomic E-state index is 5.93. The number of benzene rings is 1. The van der Waals surface area contributed by atoms with Crippen LogP contribution in [0, 0.1) is 0 Å². The third-order valence-electron chi connectivity index (χ3n) is 2.74. The van der Waals surface area contributed by atoms with Gasteiger partial charge in [0.05, 0.1) is 5.88 Å². The summed E-state index contributed by atoms with van der Waals surface area (Å²) in [6.45, 7) is 0.794. The molecule has 0 saturated carbocycles. The third-order valence-corrected chi connectivity index (χ3v) is 3.80. The SMILES string of the molecule is CN(Cc1ccccc1Br)c1ncccc1CCl. The highest BCUT2D eigenvalue weighted by molar-refractivity contribution is 9.10. The molecule has 94 valence electrons. The average molecular weight is 326 g/mol. The summed E-state index contributed by atoms with van der Waals surface area (Å²) >= 11 is 9.49. The number of hydrogen-bond acceptors (Lipinski definition) is 2. The lowest BCUT2D eigenvalue weighted by Gasteiger charge is -2.21. The fourth-order valence-corrected chi connectivity index (χ4v) is 2.45. The van der Waals surface area contributed by atoms with Gasteiger partial charge in [-0.05, 0) is 17.7 Å². The molecular formula is C14H14BrClN2. The van der Waals surface area contributed by atoms with E-state index in [0.717, 1.165) is 22.4 Å². The second-order valence-electron chi connectivity index (χ2n) is 4.07. The van der Waals surface area contributed by atoms with Gasteiger partial charge in [0.15, 0.2) is 0 Å². The Hall–Kier alpha value is -1.06. The van der Waals surface area contributed by atoms with Gasteiger partial charge in [0.25, 0.3) is 0 Å². The number of hydrogen-bond donors (Lipinski definition) is 0. The number of nitrogens with zero attached hydrogens (tertiary/aromatic N) is 2. The molecule has 2 aromatic rings. The third kappa shape index (κ3) is 3.03. The maximum atomic E-state index is 5.93. The molecule has 0 amide bonds. The van der Waals surface area contributed by atoms with Crippen LogP contribution in [0.4, 0.5) is 5.82 Å². The molecule has 2 rings (SSSR count). The van der Waals surface area contributed by atoms with Gasteiger partial charge in [-0.25, -0.2) is 4.98 Å². The van der Waals surface area contributed by atoms with E-state index in [4.69, 9.17) is 11.6 Å². The van der Waals surface area contributed by atoms with Crippen LogP contribution in [0.25, 0.3) is 0 Å². The fraction of sp³-hybridized carbons (Fsp3) is 0.214. The second-order valence-corrected chi connectivity index (χ2v) is 5.19. The van der Waals surface area contributed by atoms with Crippen LogP contribution in [-0.4, -0.2) is 12.0 Å². The van der Waals surface area contributed by atoms with Gasteiger partial charge in [0.2, 0.25) is 0 Å². The van der Waals surface area contributed by atoms with E-state index < -0.39 is 0 Å². The summed E-state index contributed by atoms with van der Waals surface area (Å²) in [5.74, 6) is 1.41. The first kappa shape index (κ1) is 13.4. The molecule has 0 bridgehead atoms. The van der Waals surface area contributed by atoms with E-state index in [1.807, 2.05) is 37.4 Å². The van der Waals surface area contributed by atoms with Gasteiger partial charge < -0.3 is 4.90 Å². The van der Waals surface area contributed by atoms with Gasteiger partial charge in [-0.3, -0.25) is 0 Å². The summed E-state index contributed by atoms with van der Waals surface area (Å²) < 4.78 is 1.11. The van der Waals surface area contributed by atoms with Gasteiger partial charge in [-0.1, -0.05) is 40.2 Å². The largest absolute Gasteiger partial charge is 0.355 e. The fourth-order valence-electron chi connectivity index (χ4n) is 1.84. The van der Waals surface area contributed by atoms with Crippen molar-refractivity contribution in [3.63, 3.8) is 0 Å². The van der Waals surface area contributed by atoms with E-state index in [1.54, 1.807) is 6.20 Å². The Morgan fingerprint density at radius 2 is 1.89 bits per heavy atom. The van der Waals surface area contributed by atoms with Crippen LogP contribution < -0.4 is 4.90 Å². The molecule has 0 aliphatic carbocycles. The first-order valence-electron chi connectivity index (χ1n) is 5.66. The Morgan fingerprint density at radius 3 is 2.61 bits per heavy atom. The lowest BCUT2D eigenvalue weighted by atomic mass is 10.2. The molecule has 0 N–H and O–H groups in total. The number of alkyl halides is 1. The van der Waals surface area contributed by atoms with E-state index in [2.05, 4.69) is 31.9 Å². The highest BCUT2D eigenvalue weighted by Crippen LogP contribution is 2.22. The van der Waals surface area contributed by atoms with Crippen molar-refractivity contribution in [3.05, 3.63) is 58.2 Å². The zero-order valence-corrected chi connectivity index (χ0v) is 12.4. The number of aromatic nitrogens is 1. The first-order valence-corrected chi connectivity index (χ1v) is 6.99. The highest BCUT2D eigenvalue weighted by atomic mass is 79.9. The quantitative estimate of drug-likeness (QED) is 0.782. The molecule has 0 aliphatic heterocycles. The summed E-state index contributed by atoms with van der Waals surface area (Å²) in [6.07, 6.45) is 1.79. The number of halogens is 2. The van der Waals surface area contributed by atoms with Crippen LogP contribution in [0.5, 0.6) is 0 Å². The Bertz CT molecular complexity index is 531. The van der Waals surface area contributed by atoms with E-state index in [1.165, 1.54) is 5.56 Å². The molecule has 2 nitrogen and oxygen atoms in total. The molecular weight excluding hydrogens is 312 g/mol. The number of anilines is 1. The Kier molecular flexibility index (Phi) is 4.61. The van der Waals surface area contributed by atoms with Crippen molar-refractivity contribution in [2.75, 3.05) is 11.9 Å². The Labute approximate surface area is 121 Å². The van der Waals surface area contributed by atoms with Gasteiger partial charge in [-0.15, -0.1) is 11.6 Å². The van der Waals surface area contributed by atoms with E-state index in [9.17, 15) is 0 Å². The molecule has 18 heavy (non-hydrogen) atoms. The minimum atomic E-state index is 0.476. The first-order chi connectivity index (χ1) is 8.72. The minimum Gasteiger partial charge on any atom is -0.355 e. The monoisotopic (exact) mass is 324 g/mol. The molecule has 0 atom stereocenters. The number of rotatable bonds is 4. The van der Waals surface area contributed by atoms with Gasteiger partial charge in [0, 0.05) is 29.8 Å². The average Bonchev–Trinajstić information content (AvgIpc) is 2.41. The van der Waals surface area contributed by atoms with Crippen LogP contribution in [0.15, 0.2) is 47.1 Å². The van der Waals surface area contributed by atoms with E-state index in [0.29, 0.717) is 5.88 Å². The summed E-state index contributed by atoms with van der Waals surface area (Å²) in [6, 6.07) is 12.1. The summed E-state index contributed by atoms with van der Waals surface area (Å²) in [5.41, 5.74) is 2.28. The van der Waals surface area contributed by atoms with Gasteiger partial charge in [0.1, 0.15) is 5.82 Å². The maximum Gasteiger partial charge on any atom is 0.132 e. The van der Waals surface area contributed by atoms with Crippen molar-refractivity contribution >= 4 is 33.3 Å². The molecule has 0 fully saturated rings. The van der Waals surface area contributed by atoms with Crippen LogP contribution >= 0.6 is 27.5 Å². The minimum absolute atomic E-state index is 0.476. The van der Waals surface area contributed by atoms with Crippen LogP contribution in [0.3, 0.4) is 0 Å². The summed E-state index contributed by atoms with van der Waals surface area (Å²) in [4.78, 5) is 6.51. The molecule has 0 unspecified atom stereocenters. The van der Waals surface area contributed by atoms with Crippen molar-refractivity contribution in [1.82, 2.24) is 4.98 Å². The van der Waals surface area contributed by atoms with Crippen LogP contribution in [-0.2, 0) is 12.4 Å².